The molecule has 6 nitrogen and oxygen atoms in total. The van der Waals surface area contributed by atoms with Crippen molar-refractivity contribution < 1.29 is 17.6 Å². The van der Waals surface area contributed by atoms with Gasteiger partial charge in [0, 0.05) is 35.5 Å². The molecule has 1 amide bonds. The van der Waals surface area contributed by atoms with Crippen molar-refractivity contribution in [3.8, 4) is 0 Å². The normalized spacial score (nSPS) is 17.0. The molecule has 0 atom stereocenters. The van der Waals surface area contributed by atoms with Crippen LogP contribution in [0.5, 0.6) is 0 Å². The van der Waals surface area contributed by atoms with Gasteiger partial charge in [0.25, 0.3) is 0 Å². The number of anilines is 1. The van der Waals surface area contributed by atoms with Crippen molar-refractivity contribution in [2.45, 2.75) is 12.8 Å². The zero-order chi connectivity index (χ0) is 18.3. The van der Waals surface area contributed by atoms with E-state index in [2.05, 4.69) is 5.32 Å². The summed E-state index contributed by atoms with van der Waals surface area (Å²) in [4.78, 5) is 12.6. The molecule has 1 N–H and O–H groups in total. The van der Waals surface area contributed by atoms with Crippen LogP contribution in [0.25, 0.3) is 21.9 Å². The zero-order valence-electron chi connectivity index (χ0n) is 14.4. The van der Waals surface area contributed by atoms with Crippen LogP contribution in [0.3, 0.4) is 0 Å². The predicted octanol–water partition coefficient (Wildman–Crippen LogP) is 3.20. The number of amides is 1. The van der Waals surface area contributed by atoms with Crippen molar-refractivity contribution >= 4 is 43.6 Å². The number of nitrogens with zero attached hydrogens (tertiary/aromatic N) is 1. The average Bonchev–Trinajstić information content (AvgIpc) is 2.99. The van der Waals surface area contributed by atoms with E-state index in [1.54, 1.807) is 0 Å². The SMILES string of the molecule is CS(=O)(=O)N1CCC(C(=O)Nc2ccc3oc4ccccc4c3c2)CC1. The number of fused-ring (bicyclic) bond motifs is 3. The summed E-state index contributed by atoms with van der Waals surface area (Å²) in [6.45, 7) is 0.782. The van der Waals surface area contributed by atoms with Crippen molar-refractivity contribution in [1.82, 2.24) is 4.31 Å². The molecule has 7 heteroatoms. The maximum Gasteiger partial charge on any atom is 0.227 e. The van der Waals surface area contributed by atoms with Crippen molar-refractivity contribution in [3.63, 3.8) is 0 Å². The van der Waals surface area contributed by atoms with Gasteiger partial charge in [-0.15, -0.1) is 0 Å². The monoisotopic (exact) mass is 372 g/mol. The molecule has 0 aliphatic carbocycles. The molecule has 1 saturated heterocycles. The molecule has 0 unspecified atom stereocenters. The number of nitrogens with one attached hydrogen (secondary N) is 1. The first-order valence-electron chi connectivity index (χ1n) is 8.59. The van der Waals surface area contributed by atoms with E-state index in [-0.39, 0.29) is 11.8 Å². The van der Waals surface area contributed by atoms with Crippen LogP contribution in [0.2, 0.25) is 0 Å². The lowest BCUT2D eigenvalue weighted by Gasteiger charge is -2.29. The van der Waals surface area contributed by atoms with E-state index in [1.807, 2.05) is 42.5 Å². The van der Waals surface area contributed by atoms with Gasteiger partial charge in [-0.2, -0.15) is 0 Å². The van der Waals surface area contributed by atoms with E-state index in [1.165, 1.54) is 10.6 Å². The number of hydrogen-bond donors (Lipinski definition) is 1. The standard InChI is InChI=1S/C19H20N2O4S/c1-26(23,24)21-10-8-13(9-11-21)19(22)20-14-6-7-18-16(12-14)15-4-2-3-5-17(15)25-18/h2-7,12-13H,8-11H2,1H3,(H,20,22). The lowest BCUT2D eigenvalue weighted by atomic mass is 9.97. The van der Waals surface area contributed by atoms with Crippen LogP contribution in [0.1, 0.15) is 12.8 Å². The predicted molar refractivity (Wildman–Crippen MR) is 101 cm³/mol. The average molecular weight is 372 g/mol. The van der Waals surface area contributed by atoms with Gasteiger partial charge in [-0.25, -0.2) is 12.7 Å². The van der Waals surface area contributed by atoms with Crippen molar-refractivity contribution in [2.75, 3.05) is 24.7 Å². The third kappa shape index (κ3) is 3.20. The Labute approximate surface area is 151 Å². The number of carbonyl (C=O) groups excluding carboxylic acids is 1. The molecule has 136 valence electrons. The summed E-state index contributed by atoms with van der Waals surface area (Å²) in [6, 6.07) is 13.4. The van der Waals surface area contributed by atoms with Gasteiger partial charge in [-0.05, 0) is 37.1 Å². The van der Waals surface area contributed by atoms with Gasteiger partial charge in [0.2, 0.25) is 15.9 Å². The van der Waals surface area contributed by atoms with Gasteiger partial charge in [0.1, 0.15) is 11.2 Å². The van der Waals surface area contributed by atoms with Crippen molar-refractivity contribution in [2.24, 2.45) is 5.92 Å². The minimum atomic E-state index is -3.18. The summed E-state index contributed by atoms with van der Waals surface area (Å²) in [6.07, 6.45) is 2.28. The van der Waals surface area contributed by atoms with Crippen LogP contribution in [0.4, 0.5) is 5.69 Å². The number of piperidine rings is 1. The number of furan rings is 1. The first-order chi connectivity index (χ1) is 12.4. The molecule has 0 radical (unpaired) electrons. The first-order valence-corrected chi connectivity index (χ1v) is 10.4. The Kier molecular flexibility index (Phi) is 4.20. The summed E-state index contributed by atoms with van der Waals surface area (Å²) in [5.41, 5.74) is 2.32. The topological polar surface area (TPSA) is 79.6 Å². The van der Waals surface area contributed by atoms with Crippen molar-refractivity contribution in [3.05, 3.63) is 42.5 Å². The maximum absolute atomic E-state index is 12.6. The number of carbonyl (C=O) groups is 1. The molecule has 3 aromatic rings. The van der Waals surface area contributed by atoms with E-state index in [0.717, 1.165) is 27.6 Å². The third-order valence-corrected chi connectivity index (χ3v) is 6.24. The van der Waals surface area contributed by atoms with Gasteiger partial charge in [0.05, 0.1) is 6.26 Å². The van der Waals surface area contributed by atoms with Gasteiger partial charge in [0.15, 0.2) is 0 Å². The van der Waals surface area contributed by atoms with Gasteiger partial charge in [-0.3, -0.25) is 4.79 Å². The van der Waals surface area contributed by atoms with E-state index < -0.39 is 10.0 Å². The second-order valence-corrected chi connectivity index (χ2v) is 8.72. The lowest BCUT2D eigenvalue weighted by Crippen LogP contribution is -2.40. The van der Waals surface area contributed by atoms with Gasteiger partial charge in [-0.1, -0.05) is 18.2 Å². The molecule has 26 heavy (non-hydrogen) atoms. The van der Waals surface area contributed by atoms with E-state index in [0.29, 0.717) is 25.9 Å². The molecule has 2 heterocycles. The van der Waals surface area contributed by atoms with Crippen LogP contribution >= 0.6 is 0 Å². The van der Waals surface area contributed by atoms with Crippen LogP contribution in [-0.4, -0.2) is 38.0 Å². The van der Waals surface area contributed by atoms with Crippen LogP contribution in [0.15, 0.2) is 46.9 Å². The summed E-state index contributed by atoms with van der Waals surface area (Å²) in [5, 5.41) is 4.94. The zero-order valence-corrected chi connectivity index (χ0v) is 15.3. The molecule has 2 aromatic carbocycles. The Balaban J connectivity index is 1.50. The van der Waals surface area contributed by atoms with E-state index >= 15 is 0 Å². The Morgan fingerprint density at radius 1 is 1.08 bits per heavy atom. The second-order valence-electron chi connectivity index (χ2n) is 6.73. The highest BCUT2D eigenvalue weighted by Crippen LogP contribution is 2.31. The lowest BCUT2D eigenvalue weighted by molar-refractivity contribution is -0.120. The fourth-order valence-electron chi connectivity index (χ4n) is 3.50. The number of benzene rings is 2. The fraction of sp³-hybridized carbons (Fsp3) is 0.316. The van der Waals surface area contributed by atoms with E-state index in [4.69, 9.17) is 4.42 Å². The summed E-state index contributed by atoms with van der Waals surface area (Å²) in [5.74, 6) is -0.241. The van der Waals surface area contributed by atoms with Crippen LogP contribution < -0.4 is 5.32 Å². The van der Waals surface area contributed by atoms with Crippen LogP contribution in [-0.2, 0) is 14.8 Å². The number of rotatable bonds is 3. The third-order valence-electron chi connectivity index (χ3n) is 4.94. The molecule has 0 bridgehead atoms. The minimum absolute atomic E-state index is 0.0645. The summed E-state index contributed by atoms with van der Waals surface area (Å²) in [7, 11) is -3.18. The van der Waals surface area contributed by atoms with Crippen LogP contribution in [0, 0.1) is 5.92 Å². The number of para-hydroxylation sites is 1. The Bertz CT molecular complexity index is 1080. The second kappa shape index (κ2) is 6.41. The smallest absolute Gasteiger partial charge is 0.227 e. The van der Waals surface area contributed by atoms with Gasteiger partial charge < -0.3 is 9.73 Å². The minimum Gasteiger partial charge on any atom is -0.456 e. The quantitative estimate of drug-likeness (QED) is 0.766. The molecule has 1 fully saturated rings. The maximum atomic E-state index is 12.6. The Morgan fingerprint density at radius 3 is 2.50 bits per heavy atom. The first kappa shape index (κ1) is 17.1. The fourth-order valence-corrected chi connectivity index (χ4v) is 4.37. The summed E-state index contributed by atoms with van der Waals surface area (Å²) >= 11 is 0. The molecular formula is C19H20N2O4S. The number of hydrogen-bond acceptors (Lipinski definition) is 4. The summed E-state index contributed by atoms with van der Waals surface area (Å²) < 4.78 is 30.4. The molecule has 1 aliphatic rings. The number of sulfonamides is 1. The van der Waals surface area contributed by atoms with Gasteiger partial charge >= 0.3 is 0 Å². The largest absolute Gasteiger partial charge is 0.456 e. The molecule has 4 rings (SSSR count). The highest BCUT2D eigenvalue weighted by molar-refractivity contribution is 7.88. The molecule has 1 aromatic heterocycles. The highest BCUT2D eigenvalue weighted by Gasteiger charge is 2.29. The molecule has 0 saturated carbocycles. The molecular weight excluding hydrogens is 352 g/mol. The Morgan fingerprint density at radius 2 is 1.77 bits per heavy atom. The highest BCUT2D eigenvalue weighted by atomic mass is 32.2. The molecule has 1 aliphatic heterocycles. The molecule has 0 spiro atoms. The van der Waals surface area contributed by atoms with Crippen molar-refractivity contribution in [1.29, 1.82) is 0 Å². The van der Waals surface area contributed by atoms with E-state index in [9.17, 15) is 13.2 Å². The Hall–Kier alpha value is -2.38.